The van der Waals surface area contributed by atoms with E-state index in [1.807, 2.05) is 13.0 Å². The van der Waals surface area contributed by atoms with Crippen molar-refractivity contribution in [3.63, 3.8) is 0 Å². The molecule has 1 aromatic carbocycles. The maximum absolute atomic E-state index is 13.8. The van der Waals surface area contributed by atoms with Crippen molar-refractivity contribution in [1.29, 1.82) is 0 Å². The molecule has 0 aliphatic heterocycles. The lowest BCUT2D eigenvalue weighted by Crippen LogP contribution is -2.20. The molecular weight excluding hydrogens is 247 g/mol. The quantitative estimate of drug-likeness (QED) is 0.906. The maximum Gasteiger partial charge on any atom is 0.306 e. The highest BCUT2D eigenvalue weighted by atomic mass is 19.1. The molecule has 0 saturated heterocycles. The second-order valence-electron chi connectivity index (χ2n) is 5.01. The number of rotatable bonds is 4. The molecule has 0 bridgehead atoms. The normalized spacial score (nSPS) is 23.1. The molecule has 4 heteroatoms. The van der Waals surface area contributed by atoms with E-state index in [4.69, 9.17) is 9.84 Å². The van der Waals surface area contributed by atoms with Crippen LogP contribution in [0.15, 0.2) is 18.2 Å². The number of aliphatic carboxylic acids is 1. The molecular formula is C15H19FO3. The van der Waals surface area contributed by atoms with Crippen LogP contribution < -0.4 is 4.74 Å². The minimum Gasteiger partial charge on any atom is -0.491 e. The van der Waals surface area contributed by atoms with Gasteiger partial charge in [0.25, 0.3) is 0 Å². The summed E-state index contributed by atoms with van der Waals surface area (Å²) in [5.41, 5.74) is 0.949. The summed E-state index contributed by atoms with van der Waals surface area (Å²) in [7, 11) is 0. The van der Waals surface area contributed by atoms with Gasteiger partial charge < -0.3 is 9.84 Å². The van der Waals surface area contributed by atoms with Gasteiger partial charge in [-0.15, -0.1) is 0 Å². The van der Waals surface area contributed by atoms with Gasteiger partial charge in [-0.2, -0.15) is 0 Å². The largest absolute Gasteiger partial charge is 0.491 e. The molecule has 1 aromatic rings. The van der Waals surface area contributed by atoms with Crippen molar-refractivity contribution < 1.29 is 19.0 Å². The maximum atomic E-state index is 13.8. The lowest BCUT2D eigenvalue weighted by molar-refractivity contribution is -0.142. The fourth-order valence-electron chi connectivity index (χ4n) is 2.72. The van der Waals surface area contributed by atoms with Gasteiger partial charge in [0.1, 0.15) is 0 Å². The first-order valence-corrected chi connectivity index (χ1v) is 6.76. The molecule has 0 spiro atoms. The van der Waals surface area contributed by atoms with E-state index < -0.39 is 5.97 Å². The highest BCUT2D eigenvalue weighted by Gasteiger charge is 2.27. The number of carboxylic acids is 1. The number of hydrogen-bond donors (Lipinski definition) is 1. The zero-order chi connectivity index (χ0) is 13.8. The lowest BCUT2D eigenvalue weighted by atomic mass is 9.79. The van der Waals surface area contributed by atoms with Gasteiger partial charge in [-0.25, -0.2) is 4.39 Å². The minimum absolute atomic E-state index is 0.233. The molecule has 1 fully saturated rings. The number of hydrogen-bond acceptors (Lipinski definition) is 2. The van der Waals surface area contributed by atoms with Crippen LogP contribution in [0.4, 0.5) is 4.39 Å². The van der Waals surface area contributed by atoms with Gasteiger partial charge in [-0.05, 0) is 56.2 Å². The zero-order valence-electron chi connectivity index (χ0n) is 11.1. The fraction of sp³-hybridized carbons (Fsp3) is 0.533. The van der Waals surface area contributed by atoms with Crippen LogP contribution in [-0.4, -0.2) is 17.7 Å². The van der Waals surface area contributed by atoms with E-state index in [0.717, 1.165) is 18.4 Å². The Labute approximate surface area is 112 Å². The van der Waals surface area contributed by atoms with E-state index in [1.165, 1.54) is 6.07 Å². The first kappa shape index (κ1) is 13.8. The van der Waals surface area contributed by atoms with Crippen LogP contribution in [0.3, 0.4) is 0 Å². The predicted molar refractivity (Wildman–Crippen MR) is 69.9 cm³/mol. The summed E-state index contributed by atoms with van der Waals surface area (Å²) in [4.78, 5) is 10.9. The summed E-state index contributed by atoms with van der Waals surface area (Å²) >= 11 is 0. The molecule has 1 aliphatic rings. The molecule has 2 rings (SSSR count). The topological polar surface area (TPSA) is 46.5 Å². The first-order chi connectivity index (χ1) is 9.11. The van der Waals surface area contributed by atoms with Crippen LogP contribution in [-0.2, 0) is 4.79 Å². The SMILES string of the molecule is CCOc1ccc(C2CCC(C(=O)O)CC2)cc1F. The second-order valence-corrected chi connectivity index (χ2v) is 5.01. The van der Waals surface area contributed by atoms with Crippen LogP contribution in [0, 0.1) is 11.7 Å². The minimum atomic E-state index is -0.712. The molecule has 0 amide bonds. The van der Waals surface area contributed by atoms with Crippen molar-refractivity contribution in [2.75, 3.05) is 6.61 Å². The summed E-state index contributed by atoms with van der Waals surface area (Å²) < 4.78 is 19.0. The Morgan fingerprint density at radius 1 is 1.37 bits per heavy atom. The Bertz CT molecular complexity index is 451. The van der Waals surface area contributed by atoms with Crippen LogP contribution >= 0.6 is 0 Å². The molecule has 0 heterocycles. The van der Waals surface area contributed by atoms with Gasteiger partial charge in [0.15, 0.2) is 11.6 Å². The van der Waals surface area contributed by atoms with Gasteiger partial charge >= 0.3 is 5.97 Å². The molecule has 1 N–H and O–H groups in total. The highest BCUT2D eigenvalue weighted by molar-refractivity contribution is 5.70. The van der Waals surface area contributed by atoms with Crippen molar-refractivity contribution in [3.05, 3.63) is 29.6 Å². The van der Waals surface area contributed by atoms with Crippen LogP contribution in [0.1, 0.15) is 44.1 Å². The number of ether oxygens (including phenoxy) is 1. The molecule has 0 aromatic heterocycles. The van der Waals surface area contributed by atoms with E-state index in [0.29, 0.717) is 19.4 Å². The molecule has 0 unspecified atom stereocenters. The van der Waals surface area contributed by atoms with Gasteiger partial charge in [0, 0.05) is 0 Å². The molecule has 1 saturated carbocycles. The summed E-state index contributed by atoms with van der Waals surface area (Å²) in [6.07, 6.45) is 2.97. The monoisotopic (exact) mass is 266 g/mol. The third-order valence-corrected chi connectivity index (χ3v) is 3.80. The first-order valence-electron chi connectivity index (χ1n) is 6.76. The summed E-state index contributed by atoms with van der Waals surface area (Å²) in [6, 6.07) is 5.08. The highest BCUT2D eigenvalue weighted by Crippen LogP contribution is 2.36. The molecule has 104 valence electrons. The third-order valence-electron chi connectivity index (χ3n) is 3.80. The van der Waals surface area contributed by atoms with Crippen molar-refractivity contribution in [3.8, 4) is 5.75 Å². The Morgan fingerprint density at radius 3 is 2.58 bits per heavy atom. The van der Waals surface area contributed by atoms with Gasteiger partial charge in [-0.1, -0.05) is 6.07 Å². The summed E-state index contributed by atoms with van der Waals surface area (Å²) in [5.74, 6) is -0.730. The third kappa shape index (κ3) is 3.25. The lowest BCUT2D eigenvalue weighted by Gasteiger charge is -2.26. The van der Waals surface area contributed by atoms with E-state index >= 15 is 0 Å². The van der Waals surface area contributed by atoms with Crippen LogP contribution in [0.25, 0.3) is 0 Å². The smallest absolute Gasteiger partial charge is 0.306 e. The predicted octanol–water partition coefficient (Wildman–Crippen LogP) is 3.58. The summed E-state index contributed by atoms with van der Waals surface area (Å²) in [5, 5.41) is 8.96. The van der Waals surface area contributed by atoms with Gasteiger partial charge in [0.05, 0.1) is 12.5 Å². The zero-order valence-corrected chi connectivity index (χ0v) is 11.1. The molecule has 1 aliphatic carbocycles. The van der Waals surface area contributed by atoms with Crippen LogP contribution in [0.2, 0.25) is 0 Å². The van der Waals surface area contributed by atoms with Gasteiger partial charge in [-0.3, -0.25) is 4.79 Å². The van der Waals surface area contributed by atoms with E-state index in [-0.39, 0.29) is 23.4 Å². The average molecular weight is 266 g/mol. The number of carboxylic acid groups (broad SMARTS) is 1. The molecule has 3 nitrogen and oxygen atoms in total. The van der Waals surface area contributed by atoms with E-state index in [9.17, 15) is 9.18 Å². The molecule has 19 heavy (non-hydrogen) atoms. The number of carbonyl (C=O) groups is 1. The van der Waals surface area contributed by atoms with E-state index in [1.54, 1.807) is 6.07 Å². The Morgan fingerprint density at radius 2 is 2.05 bits per heavy atom. The van der Waals surface area contributed by atoms with Crippen molar-refractivity contribution in [2.45, 2.75) is 38.5 Å². The fourth-order valence-corrected chi connectivity index (χ4v) is 2.72. The average Bonchev–Trinajstić information content (AvgIpc) is 2.41. The Hall–Kier alpha value is -1.58. The van der Waals surface area contributed by atoms with Gasteiger partial charge in [0.2, 0.25) is 0 Å². The number of benzene rings is 1. The van der Waals surface area contributed by atoms with E-state index in [2.05, 4.69) is 0 Å². The number of halogens is 1. The standard InChI is InChI=1S/C15H19FO3/c1-2-19-14-8-7-12(9-13(14)16)10-3-5-11(6-4-10)15(17)18/h7-11H,2-6H2,1H3,(H,17,18). The summed E-state index contributed by atoms with van der Waals surface area (Å²) in [6.45, 7) is 2.26. The van der Waals surface area contributed by atoms with Crippen molar-refractivity contribution in [2.24, 2.45) is 5.92 Å². The molecule has 0 atom stereocenters. The second kappa shape index (κ2) is 6.04. The van der Waals surface area contributed by atoms with Crippen molar-refractivity contribution in [1.82, 2.24) is 0 Å². The Balaban J connectivity index is 2.03. The van der Waals surface area contributed by atoms with Crippen molar-refractivity contribution >= 4 is 5.97 Å². The van der Waals surface area contributed by atoms with Crippen LogP contribution in [0.5, 0.6) is 5.75 Å². The Kier molecular flexibility index (Phi) is 4.40. The molecule has 0 radical (unpaired) electrons.